The highest BCUT2D eigenvalue weighted by molar-refractivity contribution is 5.78. The second-order valence-electron chi connectivity index (χ2n) is 8.01. The molecule has 2 heterocycles. The van der Waals surface area contributed by atoms with Gasteiger partial charge in [0.25, 0.3) is 0 Å². The van der Waals surface area contributed by atoms with Gasteiger partial charge in [-0.25, -0.2) is 15.0 Å². The van der Waals surface area contributed by atoms with Crippen LogP contribution >= 0.6 is 0 Å². The molecule has 0 aliphatic heterocycles. The van der Waals surface area contributed by atoms with Gasteiger partial charge in [0.1, 0.15) is 5.82 Å². The number of aryl methyl sites for hydroxylation is 1. The van der Waals surface area contributed by atoms with E-state index in [1.165, 1.54) is 0 Å². The summed E-state index contributed by atoms with van der Waals surface area (Å²) in [6, 6.07) is 10.5. The van der Waals surface area contributed by atoms with Crippen molar-refractivity contribution < 1.29 is 5.11 Å². The van der Waals surface area contributed by atoms with Crippen molar-refractivity contribution in [2.24, 2.45) is 0 Å². The number of hydrogen-bond donors (Lipinski definition) is 1. The largest absolute Gasteiger partial charge is 0.390 e. The predicted octanol–water partition coefficient (Wildman–Crippen LogP) is 5.07. The predicted molar refractivity (Wildman–Crippen MR) is 113 cm³/mol. The highest BCUT2D eigenvalue weighted by Crippen LogP contribution is 2.34. The van der Waals surface area contributed by atoms with Gasteiger partial charge < -0.3 is 9.67 Å². The standard InChI is InChI=1S/C23H30N4O/c1-5-20-24-14-19(15-25-20)22-21(18-11-7-6-8-12-18)26-16-27(22)17(2)10-9-13-23(3,4)28/h6-8,11-12,14-17,28H,5,9-10,13H2,1-4H3/t17-/m0/s1. The van der Waals surface area contributed by atoms with Gasteiger partial charge in [-0.05, 0) is 40.0 Å². The van der Waals surface area contributed by atoms with Crippen LogP contribution in [0.15, 0.2) is 49.1 Å². The van der Waals surface area contributed by atoms with E-state index in [9.17, 15) is 5.11 Å². The van der Waals surface area contributed by atoms with E-state index < -0.39 is 5.60 Å². The molecule has 1 aromatic carbocycles. The molecule has 3 rings (SSSR count). The topological polar surface area (TPSA) is 63.8 Å². The molecule has 0 unspecified atom stereocenters. The summed E-state index contributed by atoms with van der Waals surface area (Å²) in [5.41, 5.74) is 3.42. The summed E-state index contributed by atoms with van der Waals surface area (Å²) in [4.78, 5) is 13.7. The summed E-state index contributed by atoms with van der Waals surface area (Å²) in [6.45, 7) is 7.98. The molecule has 1 atom stereocenters. The third-order valence-corrected chi connectivity index (χ3v) is 5.02. The molecular weight excluding hydrogens is 348 g/mol. The van der Waals surface area contributed by atoms with Gasteiger partial charge in [0, 0.05) is 36.0 Å². The van der Waals surface area contributed by atoms with Crippen molar-refractivity contribution in [3.8, 4) is 22.5 Å². The third-order valence-electron chi connectivity index (χ3n) is 5.02. The number of aliphatic hydroxyl groups is 1. The van der Waals surface area contributed by atoms with Crippen LogP contribution in [0.1, 0.15) is 58.8 Å². The third kappa shape index (κ3) is 4.84. The Kier molecular flexibility index (Phi) is 6.25. The lowest BCUT2D eigenvalue weighted by atomic mass is 9.99. The first-order valence-corrected chi connectivity index (χ1v) is 10.0. The summed E-state index contributed by atoms with van der Waals surface area (Å²) < 4.78 is 2.22. The molecule has 148 valence electrons. The van der Waals surface area contributed by atoms with Crippen molar-refractivity contribution in [2.75, 3.05) is 0 Å². The quantitative estimate of drug-likeness (QED) is 0.594. The summed E-state index contributed by atoms with van der Waals surface area (Å²) in [6.07, 6.45) is 9.23. The van der Waals surface area contributed by atoms with Gasteiger partial charge in [-0.1, -0.05) is 37.3 Å². The van der Waals surface area contributed by atoms with Crippen LogP contribution in [0.4, 0.5) is 0 Å². The average molecular weight is 379 g/mol. The number of rotatable bonds is 8. The number of benzene rings is 1. The van der Waals surface area contributed by atoms with Crippen molar-refractivity contribution in [1.29, 1.82) is 0 Å². The molecule has 0 aliphatic carbocycles. The van der Waals surface area contributed by atoms with Crippen LogP contribution in [0.2, 0.25) is 0 Å². The molecule has 0 saturated carbocycles. The molecule has 0 fully saturated rings. The van der Waals surface area contributed by atoms with Crippen LogP contribution in [-0.2, 0) is 6.42 Å². The maximum Gasteiger partial charge on any atom is 0.127 e. The number of aromatic nitrogens is 4. The Balaban J connectivity index is 1.96. The minimum atomic E-state index is -0.628. The lowest BCUT2D eigenvalue weighted by molar-refractivity contribution is 0.0672. The Morgan fingerprint density at radius 3 is 2.32 bits per heavy atom. The van der Waals surface area contributed by atoms with Crippen LogP contribution in [0.5, 0.6) is 0 Å². The fraction of sp³-hybridized carbons (Fsp3) is 0.435. The van der Waals surface area contributed by atoms with Crippen molar-refractivity contribution >= 4 is 0 Å². The smallest absolute Gasteiger partial charge is 0.127 e. The zero-order valence-electron chi connectivity index (χ0n) is 17.3. The van der Waals surface area contributed by atoms with Gasteiger partial charge in [-0.3, -0.25) is 0 Å². The first kappa shape index (κ1) is 20.2. The summed E-state index contributed by atoms with van der Waals surface area (Å²) in [5.74, 6) is 0.842. The van der Waals surface area contributed by atoms with Crippen LogP contribution in [0.3, 0.4) is 0 Å². The van der Waals surface area contributed by atoms with Crippen LogP contribution in [0.25, 0.3) is 22.5 Å². The first-order valence-electron chi connectivity index (χ1n) is 10.0. The van der Waals surface area contributed by atoms with Gasteiger partial charge in [0.2, 0.25) is 0 Å². The Morgan fingerprint density at radius 1 is 1.04 bits per heavy atom. The zero-order valence-corrected chi connectivity index (χ0v) is 17.3. The first-order chi connectivity index (χ1) is 13.4. The minimum absolute atomic E-state index is 0.258. The van der Waals surface area contributed by atoms with Crippen LogP contribution < -0.4 is 0 Å². The van der Waals surface area contributed by atoms with E-state index in [0.717, 1.165) is 54.0 Å². The molecule has 28 heavy (non-hydrogen) atoms. The Labute approximate surface area is 167 Å². The van der Waals surface area contributed by atoms with Crippen molar-refractivity contribution in [3.05, 3.63) is 54.9 Å². The van der Waals surface area contributed by atoms with E-state index in [4.69, 9.17) is 4.98 Å². The normalized spacial score (nSPS) is 12.9. The van der Waals surface area contributed by atoms with Crippen molar-refractivity contribution in [3.63, 3.8) is 0 Å². The van der Waals surface area contributed by atoms with Crippen molar-refractivity contribution in [1.82, 2.24) is 19.5 Å². The molecule has 0 saturated heterocycles. The second kappa shape index (κ2) is 8.65. The van der Waals surface area contributed by atoms with E-state index in [0.29, 0.717) is 0 Å². The Morgan fingerprint density at radius 2 is 1.71 bits per heavy atom. The molecule has 1 N–H and O–H groups in total. The maximum atomic E-state index is 10.0. The number of hydrogen-bond acceptors (Lipinski definition) is 4. The Hall–Kier alpha value is -2.53. The molecule has 0 radical (unpaired) electrons. The van der Waals surface area contributed by atoms with Crippen LogP contribution in [-0.4, -0.2) is 30.2 Å². The Bertz CT molecular complexity index is 879. The highest BCUT2D eigenvalue weighted by atomic mass is 16.3. The van der Waals surface area contributed by atoms with Gasteiger partial charge in [-0.15, -0.1) is 0 Å². The van der Waals surface area contributed by atoms with E-state index >= 15 is 0 Å². The van der Waals surface area contributed by atoms with Crippen molar-refractivity contribution in [2.45, 2.75) is 65.0 Å². The lowest BCUT2D eigenvalue weighted by Gasteiger charge is -2.21. The summed E-state index contributed by atoms with van der Waals surface area (Å²) >= 11 is 0. The molecule has 0 bridgehead atoms. The van der Waals surface area contributed by atoms with Gasteiger partial charge >= 0.3 is 0 Å². The monoisotopic (exact) mass is 378 g/mol. The molecule has 0 spiro atoms. The second-order valence-corrected chi connectivity index (χ2v) is 8.01. The van der Waals surface area contributed by atoms with Gasteiger partial charge in [-0.2, -0.15) is 0 Å². The van der Waals surface area contributed by atoms with Gasteiger partial charge in [0.15, 0.2) is 0 Å². The molecule has 5 heteroatoms. The number of imidazole rings is 1. The van der Waals surface area contributed by atoms with Crippen LogP contribution in [0, 0.1) is 0 Å². The molecule has 0 aliphatic rings. The molecule has 0 amide bonds. The zero-order chi connectivity index (χ0) is 20.1. The fourth-order valence-corrected chi connectivity index (χ4v) is 3.42. The maximum absolute atomic E-state index is 10.0. The molecular formula is C23H30N4O. The van der Waals surface area contributed by atoms with E-state index in [1.54, 1.807) is 0 Å². The average Bonchev–Trinajstić information content (AvgIpc) is 3.13. The molecule has 3 aromatic rings. The van der Waals surface area contributed by atoms with Gasteiger partial charge in [0.05, 0.1) is 23.3 Å². The minimum Gasteiger partial charge on any atom is -0.390 e. The SMILES string of the molecule is CCc1ncc(-c2c(-c3ccccc3)ncn2[C@@H](C)CCCC(C)(C)O)cn1. The summed E-state index contributed by atoms with van der Waals surface area (Å²) in [5, 5.41) is 10.0. The lowest BCUT2D eigenvalue weighted by Crippen LogP contribution is -2.18. The molecule has 2 aromatic heterocycles. The summed E-state index contributed by atoms with van der Waals surface area (Å²) in [7, 11) is 0. The van der Waals surface area contributed by atoms with E-state index in [1.807, 2.05) is 50.8 Å². The fourth-order valence-electron chi connectivity index (χ4n) is 3.42. The molecule has 5 nitrogen and oxygen atoms in total. The van der Waals surface area contributed by atoms with E-state index in [2.05, 4.69) is 40.5 Å². The highest BCUT2D eigenvalue weighted by Gasteiger charge is 2.20. The van der Waals surface area contributed by atoms with E-state index in [-0.39, 0.29) is 6.04 Å². The number of nitrogens with zero attached hydrogens (tertiary/aromatic N) is 4.